The maximum absolute atomic E-state index is 13.0. The number of amides is 2. The molecule has 1 atom stereocenters. The lowest BCUT2D eigenvalue weighted by atomic mass is 9.93. The van der Waals surface area contributed by atoms with Crippen LogP contribution >= 0.6 is 0 Å². The van der Waals surface area contributed by atoms with Gasteiger partial charge in [-0.3, -0.25) is 9.59 Å². The molecule has 2 amide bonds. The van der Waals surface area contributed by atoms with Crippen molar-refractivity contribution in [2.45, 2.75) is 44.2 Å². The van der Waals surface area contributed by atoms with Crippen molar-refractivity contribution in [2.75, 3.05) is 7.05 Å². The maximum atomic E-state index is 13.0. The van der Waals surface area contributed by atoms with Crippen LogP contribution in [0.4, 0.5) is 0 Å². The third-order valence-corrected chi connectivity index (χ3v) is 5.21. The Labute approximate surface area is 135 Å². The molecular weight excluding hydrogens is 290 g/mol. The van der Waals surface area contributed by atoms with Gasteiger partial charge in [0.1, 0.15) is 11.7 Å². The van der Waals surface area contributed by atoms with Crippen molar-refractivity contribution in [1.29, 1.82) is 0 Å². The second kappa shape index (κ2) is 5.41. The summed E-state index contributed by atoms with van der Waals surface area (Å²) in [5.74, 6) is -0.135. The molecule has 0 spiro atoms. The van der Waals surface area contributed by atoms with Crippen LogP contribution in [0.3, 0.4) is 0 Å². The van der Waals surface area contributed by atoms with Gasteiger partial charge in [-0.1, -0.05) is 37.5 Å². The Balaban J connectivity index is 1.85. The molecule has 5 heteroatoms. The quantitative estimate of drug-likeness (QED) is 0.895. The summed E-state index contributed by atoms with van der Waals surface area (Å²) in [5.41, 5.74) is 2.35. The first-order valence-electron chi connectivity index (χ1n) is 8.37. The molecule has 2 aromatic rings. The van der Waals surface area contributed by atoms with E-state index in [4.69, 9.17) is 0 Å². The van der Waals surface area contributed by atoms with E-state index in [0.717, 1.165) is 42.1 Å². The third-order valence-electron chi connectivity index (χ3n) is 5.21. The molecule has 1 aromatic carbocycles. The molecule has 1 aliphatic carbocycles. The molecule has 5 nitrogen and oxygen atoms in total. The molecule has 1 fully saturated rings. The largest absolute Gasteiger partial charge is 0.357 e. The number of aromatic amines is 1. The van der Waals surface area contributed by atoms with Crippen LogP contribution in [0.2, 0.25) is 0 Å². The highest BCUT2D eigenvalue weighted by atomic mass is 16.2. The maximum Gasteiger partial charge on any atom is 0.271 e. The van der Waals surface area contributed by atoms with Crippen LogP contribution in [-0.2, 0) is 4.79 Å². The number of fused-ring (bicyclic) bond motifs is 3. The van der Waals surface area contributed by atoms with E-state index in [1.54, 1.807) is 7.05 Å². The van der Waals surface area contributed by atoms with Gasteiger partial charge in [0.25, 0.3) is 5.91 Å². The summed E-state index contributed by atoms with van der Waals surface area (Å²) in [4.78, 5) is 30.7. The first kappa shape index (κ1) is 14.3. The van der Waals surface area contributed by atoms with Gasteiger partial charge in [-0.2, -0.15) is 0 Å². The Kier molecular flexibility index (Phi) is 3.36. The molecule has 120 valence electrons. The zero-order valence-corrected chi connectivity index (χ0v) is 13.3. The fraction of sp³-hybridized carbons (Fsp3) is 0.444. The number of para-hydroxylation sites is 1. The summed E-state index contributed by atoms with van der Waals surface area (Å²) in [6.45, 7) is 0. The summed E-state index contributed by atoms with van der Waals surface area (Å²) >= 11 is 0. The highest BCUT2D eigenvalue weighted by molar-refractivity contribution is 6.09. The Bertz CT molecular complexity index is 774. The first-order chi connectivity index (χ1) is 11.2. The Morgan fingerprint density at radius 3 is 2.70 bits per heavy atom. The minimum Gasteiger partial charge on any atom is -0.357 e. The van der Waals surface area contributed by atoms with Crippen LogP contribution in [-0.4, -0.2) is 34.8 Å². The van der Waals surface area contributed by atoms with Crippen molar-refractivity contribution < 1.29 is 9.59 Å². The molecule has 4 rings (SSSR count). The normalized spacial score (nSPS) is 21.7. The zero-order valence-electron chi connectivity index (χ0n) is 13.3. The predicted molar refractivity (Wildman–Crippen MR) is 88.1 cm³/mol. The van der Waals surface area contributed by atoms with Crippen molar-refractivity contribution in [3.63, 3.8) is 0 Å². The number of nitrogens with zero attached hydrogens (tertiary/aromatic N) is 1. The molecule has 0 saturated heterocycles. The molecule has 1 unspecified atom stereocenters. The van der Waals surface area contributed by atoms with Gasteiger partial charge < -0.3 is 15.2 Å². The topological polar surface area (TPSA) is 65.2 Å². The van der Waals surface area contributed by atoms with Crippen LogP contribution in [0.25, 0.3) is 10.9 Å². The van der Waals surface area contributed by atoms with Crippen molar-refractivity contribution in [2.24, 2.45) is 0 Å². The van der Waals surface area contributed by atoms with Gasteiger partial charge >= 0.3 is 0 Å². The van der Waals surface area contributed by atoms with Gasteiger partial charge in [-0.15, -0.1) is 0 Å². The van der Waals surface area contributed by atoms with Gasteiger partial charge in [0, 0.05) is 29.6 Å². The van der Waals surface area contributed by atoms with Gasteiger partial charge in [0.05, 0.1) is 0 Å². The van der Waals surface area contributed by atoms with Gasteiger partial charge in [0.15, 0.2) is 0 Å². The average Bonchev–Trinajstić information content (AvgIpc) is 3.10. The Hall–Kier alpha value is -2.30. The minimum atomic E-state index is -0.512. The molecule has 2 N–H and O–H groups in total. The van der Waals surface area contributed by atoms with E-state index in [-0.39, 0.29) is 17.9 Å². The van der Waals surface area contributed by atoms with Crippen LogP contribution in [0.5, 0.6) is 0 Å². The van der Waals surface area contributed by atoms with Crippen LogP contribution in [0.1, 0.15) is 54.2 Å². The Morgan fingerprint density at radius 1 is 1.22 bits per heavy atom. The number of hydrogen-bond acceptors (Lipinski definition) is 2. The van der Waals surface area contributed by atoms with Crippen molar-refractivity contribution in [3.8, 4) is 0 Å². The number of carbonyl (C=O) groups is 2. The molecular formula is C18H21N3O2. The minimum absolute atomic E-state index is 0.0308. The zero-order chi connectivity index (χ0) is 16.0. The molecule has 2 heterocycles. The molecule has 1 aromatic heterocycles. The molecule has 23 heavy (non-hydrogen) atoms. The number of hydrogen-bond donors (Lipinski definition) is 2. The Morgan fingerprint density at radius 2 is 1.96 bits per heavy atom. The number of benzene rings is 1. The molecule has 1 saturated carbocycles. The number of H-pyrrole nitrogens is 1. The number of nitrogens with one attached hydrogen (secondary N) is 2. The summed E-state index contributed by atoms with van der Waals surface area (Å²) in [6, 6.07) is 7.47. The molecule has 0 bridgehead atoms. The summed E-state index contributed by atoms with van der Waals surface area (Å²) in [5, 5.41) is 3.72. The summed E-state index contributed by atoms with van der Waals surface area (Å²) < 4.78 is 0. The molecule has 1 aliphatic heterocycles. The highest BCUT2D eigenvalue weighted by Gasteiger charge is 2.46. The number of likely N-dealkylation sites (N-methyl/N-ethyl adjacent to an activating group) is 1. The van der Waals surface area contributed by atoms with Gasteiger partial charge in [-0.25, -0.2) is 0 Å². The van der Waals surface area contributed by atoms with Gasteiger partial charge in [-0.05, 0) is 18.9 Å². The van der Waals surface area contributed by atoms with Crippen LogP contribution < -0.4 is 5.32 Å². The number of carbonyl (C=O) groups excluding carboxylic acids is 2. The highest BCUT2D eigenvalue weighted by Crippen LogP contribution is 2.42. The third kappa shape index (κ3) is 2.06. The second-order valence-corrected chi connectivity index (χ2v) is 6.48. The van der Waals surface area contributed by atoms with Gasteiger partial charge in [0.2, 0.25) is 5.91 Å². The SMILES string of the molecule is CNC(=O)C1c2c([nH]c3ccccc23)C(=O)N1C1CCCCC1. The van der Waals surface area contributed by atoms with Crippen molar-refractivity contribution in [1.82, 2.24) is 15.2 Å². The lowest BCUT2D eigenvalue weighted by molar-refractivity contribution is -0.125. The molecule has 0 radical (unpaired) electrons. The van der Waals surface area contributed by atoms with E-state index < -0.39 is 6.04 Å². The van der Waals surface area contributed by atoms with E-state index in [0.29, 0.717) is 5.69 Å². The average molecular weight is 311 g/mol. The van der Waals surface area contributed by atoms with Crippen LogP contribution in [0, 0.1) is 0 Å². The van der Waals surface area contributed by atoms with Crippen molar-refractivity contribution in [3.05, 3.63) is 35.5 Å². The van der Waals surface area contributed by atoms with E-state index in [1.807, 2.05) is 29.2 Å². The lowest BCUT2D eigenvalue weighted by Gasteiger charge is -2.35. The number of rotatable bonds is 2. The van der Waals surface area contributed by atoms with Crippen molar-refractivity contribution >= 4 is 22.7 Å². The predicted octanol–water partition coefficient (Wildman–Crippen LogP) is 2.74. The lowest BCUT2D eigenvalue weighted by Crippen LogP contribution is -2.44. The van der Waals surface area contributed by atoms with E-state index >= 15 is 0 Å². The monoisotopic (exact) mass is 311 g/mol. The standard InChI is InChI=1S/C18H21N3O2/c1-19-17(22)16-14-12-9-5-6-10-13(12)20-15(14)18(23)21(16)11-7-3-2-4-8-11/h5-6,9-11,16,20H,2-4,7-8H2,1H3,(H,19,22). The van der Waals surface area contributed by atoms with E-state index in [9.17, 15) is 9.59 Å². The summed E-state index contributed by atoms with van der Waals surface area (Å²) in [7, 11) is 1.64. The van der Waals surface area contributed by atoms with E-state index in [1.165, 1.54) is 6.42 Å². The smallest absolute Gasteiger partial charge is 0.271 e. The second-order valence-electron chi connectivity index (χ2n) is 6.48. The molecule has 2 aliphatic rings. The van der Waals surface area contributed by atoms with E-state index in [2.05, 4.69) is 10.3 Å². The fourth-order valence-corrected chi connectivity index (χ4v) is 4.13. The fourth-order valence-electron chi connectivity index (χ4n) is 4.13. The van der Waals surface area contributed by atoms with Crippen LogP contribution in [0.15, 0.2) is 24.3 Å². The summed E-state index contributed by atoms with van der Waals surface area (Å²) in [6.07, 6.45) is 5.45. The number of aromatic nitrogens is 1. The first-order valence-corrected chi connectivity index (χ1v) is 8.37.